The second kappa shape index (κ2) is 4.54. The van der Waals surface area contributed by atoms with Crippen molar-refractivity contribution < 1.29 is 4.79 Å². The molecule has 2 aromatic heterocycles. The van der Waals surface area contributed by atoms with E-state index in [9.17, 15) is 4.79 Å². The van der Waals surface area contributed by atoms with Crippen LogP contribution in [0.15, 0.2) is 5.38 Å². The number of nitrogen functional groups attached to an aromatic ring is 1. The number of amides is 1. The van der Waals surface area contributed by atoms with Gasteiger partial charge >= 0.3 is 0 Å². The van der Waals surface area contributed by atoms with Crippen LogP contribution >= 0.6 is 11.3 Å². The van der Waals surface area contributed by atoms with Gasteiger partial charge in [-0.2, -0.15) is 5.10 Å². The van der Waals surface area contributed by atoms with Crippen molar-refractivity contribution in [3.05, 3.63) is 27.3 Å². The number of nitrogens with zero attached hydrogens (tertiary/aromatic N) is 2. The van der Waals surface area contributed by atoms with Crippen LogP contribution in [-0.4, -0.2) is 21.1 Å². The minimum absolute atomic E-state index is 0.218. The predicted octanol–water partition coefficient (Wildman–Crippen LogP) is 0.995. The van der Waals surface area contributed by atoms with Crippen molar-refractivity contribution >= 4 is 23.1 Å². The van der Waals surface area contributed by atoms with Gasteiger partial charge in [-0.05, 0) is 13.8 Å². The number of nitrogens with two attached hydrogens (primary N) is 1. The lowest BCUT2D eigenvalue weighted by molar-refractivity contribution is 0.0951. The third-order valence-corrected chi connectivity index (χ3v) is 3.24. The molecule has 2 heterocycles. The maximum atomic E-state index is 11.9. The normalized spacial score (nSPS) is 10.5. The van der Waals surface area contributed by atoms with Crippen LogP contribution in [0.4, 0.5) is 5.82 Å². The number of hydrogen-bond acceptors (Lipinski definition) is 5. The van der Waals surface area contributed by atoms with Crippen LogP contribution in [0.5, 0.6) is 0 Å². The van der Waals surface area contributed by atoms with E-state index in [0.717, 1.165) is 10.7 Å². The molecule has 90 valence electrons. The highest BCUT2D eigenvalue weighted by Gasteiger charge is 2.15. The second-order valence-corrected chi connectivity index (χ2v) is 4.62. The van der Waals surface area contributed by atoms with Crippen LogP contribution in [0.1, 0.15) is 26.8 Å². The minimum atomic E-state index is -0.235. The van der Waals surface area contributed by atoms with E-state index in [1.165, 1.54) is 11.3 Å². The number of anilines is 1. The van der Waals surface area contributed by atoms with Gasteiger partial charge in [0.25, 0.3) is 5.91 Å². The summed E-state index contributed by atoms with van der Waals surface area (Å²) in [7, 11) is 0. The topological polar surface area (TPSA) is 96.7 Å². The highest BCUT2D eigenvalue weighted by Crippen LogP contribution is 2.13. The molecule has 2 aromatic rings. The number of H-pyrrole nitrogens is 1. The Hall–Kier alpha value is -1.89. The van der Waals surface area contributed by atoms with Gasteiger partial charge in [0, 0.05) is 16.8 Å². The van der Waals surface area contributed by atoms with Crippen molar-refractivity contribution in [2.45, 2.75) is 20.4 Å². The number of rotatable bonds is 3. The summed E-state index contributed by atoms with van der Waals surface area (Å²) in [5, 5.41) is 12.0. The lowest BCUT2D eigenvalue weighted by atomic mass is 10.2. The van der Waals surface area contributed by atoms with Crippen molar-refractivity contribution in [2.24, 2.45) is 0 Å². The monoisotopic (exact) mass is 251 g/mol. The van der Waals surface area contributed by atoms with Crippen molar-refractivity contribution in [1.82, 2.24) is 20.5 Å². The molecule has 0 unspecified atom stereocenters. The Labute approximate surface area is 102 Å². The maximum Gasteiger partial charge on any atom is 0.257 e. The highest BCUT2D eigenvalue weighted by molar-refractivity contribution is 7.09. The molecule has 4 N–H and O–H groups in total. The van der Waals surface area contributed by atoms with E-state index < -0.39 is 0 Å². The van der Waals surface area contributed by atoms with Crippen molar-refractivity contribution in [3.63, 3.8) is 0 Å². The van der Waals surface area contributed by atoms with Crippen LogP contribution < -0.4 is 11.1 Å². The molecule has 0 aliphatic rings. The van der Waals surface area contributed by atoms with E-state index in [0.29, 0.717) is 17.8 Å². The van der Waals surface area contributed by atoms with Crippen LogP contribution in [0.2, 0.25) is 0 Å². The Balaban J connectivity index is 2.03. The Morgan fingerprint density at radius 1 is 1.59 bits per heavy atom. The maximum absolute atomic E-state index is 11.9. The number of aryl methyl sites for hydroxylation is 2. The van der Waals surface area contributed by atoms with Gasteiger partial charge in [0.05, 0.1) is 6.54 Å². The fourth-order valence-electron chi connectivity index (χ4n) is 1.46. The van der Waals surface area contributed by atoms with Crippen LogP contribution in [0.3, 0.4) is 0 Å². The van der Waals surface area contributed by atoms with E-state index in [-0.39, 0.29) is 11.7 Å². The first kappa shape index (κ1) is 11.6. The number of carbonyl (C=O) groups excluding carboxylic acids is 1. The largest absolute Gasteiger partial charge is 0.382 e. The number of carbonyl (C=O) groups is 1. The van der Waals surface area contributed by atoms with Crippen LogP contribution in [0, 0.1) is 13.8 Å². The molecule has 7 heteroatoms. The Bertz CT molecular complexity index is 525. The van der Waals surface area contributed by atoms with Gasteiger partial charge in [-0.3, -0.25) is 9.89 Å². The smallest absolute Gasteiger partial charge is 0.257 e. The molecule has 0 spiro atoms. The van der Waals surface area contributed by atoms with Gasteiger partial charge in [0.1, 0.15) is 10.6 Å². The summed E-state index contributed by atoms with van der Waals surface area (Å²) in [5.41, 5.74) is 7.62. The summed E-state index contributed by atoms with van der Waals surface area (Å²) in [5.74, 6) is -0.0167. The second-order valence-electron chi connectivity index (χ2n) is 3.67. The Morgan fingerprint density at radius 2 is 2.35 bits per heavy atom. The van der Waals surface area contributed by atoms with Crippen LogP contribution in [-0.2, 0) is 6.54 Å². The van der Waals surface area contributed by atoms with E-state index >= 15 is 0 Å². The first-order valence-corrected chi connectivity index (χ1v) is 5.95. The molecule has 17 heavy (non-hydrogen) atoms. The zero-order valence-electron chi connectivity index (χ0n) is 9.57. The summed E-state index contributed by atoms with van der Waals surface area (Å²) in [6, 6.07) is 0. The molecule has 0 saturated heterocycles. The number of hydrogen-bond donors (Lipinski definition) is 3. The summed E-state index contributed by atoms with van der Waals surface area (Å²) >= 11 is 1.52. The molecular formula is C10H13N5OS. The molecule has 0 atom stereocenters. The van der Waals surface area contributed by atoms with Gasteiger partial charge in [-0.15, -0.1) is 11.3 Å². The highest BCUT2D eigenvalue weighted by atomic mass is 32.1. The SMILES string of the molecule is Cc1csc(CNC(=O)c2c(N)n[nH]c2C)n1. The standard InChI is InChI=1S/C10H13N5OS/c1-5-4-17-7(13-5)3-12-10(16)8-6(2)14-15-9(8)11/h4H,3H2,1-2H3,(H,12,16)(H3,11,14,15). The van der Waals surface area contributed by atoms with Crippen molar-refractivity contribution in [3.8, 4) is 0 Å². The van der Waals surface area contributed by atoms with Crippen LogP contribution in [0.25, 0.3) is 0 Å². The molecule has 0 bridgehead atoms. The number of aromatic amines is 1. The zero-order chi connectivity index (χ0) is 12.4. The van der Waals surface area contributed by atoms with Gasteiger partial charge in [-0.25, -0.2) is 4.98 Å². The van der Waals surface area contributed by atoms with Gasteiger partial charge in [0.2, 0.25) is 0 Å². The molecule has 1 amide bonds. The van der Waals surface area contributed by atoms with E-state index in [1.54, 1.807) is 6.92 Å². The molecule has 6 nitrogen and oxygen atoms in total. The molecule has 0 aromatic carbocycles. The van der Waals surface area contributed by atoms with E-state index in [1.807, 2.05) is 12.3 Å². The van der Waals surface area contributed by atoms with Gasteiger partial charge in [-0.1, -0.05) is 0 Å². The van der Waals surface area contributed by atoms with Gasteiger partial charge in [0.15, 0.2) is 5.82 Å². The quantitative estimate of drug-likeness (QED) is 0.758. The Morgan fingerprint density at radius 3 is 2.88 bits per heavy atom. The third kappa shape index (κ3) is 2.44. The summed E-state index contributed by atoms with van der Waals surface area (Å²) in [6.45, 7) is 4.08. The molecule has 0 aliphatic carbocycles. The van der Waals surface area contributed by atoms with E-state index in [2.05, 4.69) is 20.5 Å². The summed E-state index contributed by atoms with van der Waals surface area (Å²) < 4.78 is 0. The first-order chi connectivity index (χ1) is 8.08. The number of aromatic nitrogens is 3. The molecule has 0 aliphatic heterocycles. The molecule has 0 fully saturated rings. The lowest BCUT2D eigenvalue weighted by Crippen LogP contribution is -2.24. The third-order valence-electron chi connectivity index (χ3n) is 2.27. The number of thiazole rings is 1. The summed E-state index contributed by atoms with van der Waals surface area (Å²) in [4.78, 5) is 16.1. The summed E-state index contributed by atoms with van der Waals surface area (Å²) in [6.07, 6.45) is 0. The molecular weight excluding hydrogens is 238 g/mol. The average Bonchev–Trinajstić information content (AvgIpc) is 2.83. The number of nitrogens with one attached hydrogen (secondary N) is 2. The Kier molecular flexibility index (Phi) is 3.10. The minimum Gasteiger partial charge on any atom is -0.382 e. The fraction of sp³-hybridized carbons (Fsp3) is 0.300. The van der Waals surface area contributed by atoms with E-state index in [4.69, 9.17) is 5.73 Å². The predicted molar refractivity (Wildman–Crippen MR) is 65.8 cm³/mol. The fourth-order valence-corrected chi connectivity index (χ4v) is 2.17. The van der Waals surface area contributed by atoms with Crippen molar-refractivity contribution in [2.75, 3.05) is 5.73 Å². The molecule has 2 rings (SSSR count). The van der Waals surface area contributed by atoms with Gasteiger partial charge < -0.3 is 11.1 Å². The first-order valence-electron chi connectivity index (χ1n) is 5.07. The lowest BCUT2D eigenvalue weighted by Gasteiger charge is -2.02. The zero-order valence-corrected chi connectivity index (χ0v) is 10.4. The average molecular weight is 251 g/mol. The van der Waals surface area contributed by atoms with Crippen molar-refractivity contribution in [1.29, 1.82) is 0 Å². The molecule has 0 radical (unpaired) electrons. The molecule has 0 saturated carbocycles.